The third-order valence-electron chi connectivity index (χ3n) is 20.7. The summed E-state index contributed by atoms with van der Waals surface area (Å²) in [4.78, 5) is 54.1. The first-order chi connectivity index (χ1) is 49.8. The van der Waals surface area contributed by atoms with Gasteiger partial charge in [0.15, 0.2) is 0 Å². The number of hydrogen-bond acceptors (Lipinski definition) is 8. The van der Waals surface area contributed by atoms with Crippen LogP contribution in [0.15, 0.2) is 48.6 Å². The van der Waals surface area contributed by atoms with Crippen molar-refractivity contribution in [1.82, 2.24) is 0 Å². The molecule has 0 saturated heterocycles. The van der Waals surface area contributed by atoms with Gasteiger partial charge in [0.1, 0.15) is 31.8 Å². The highest BCUT2D eigenvalue weighted by Gasteiger charge is 2.38. The second-order valence-corrected chi connectivity index (χ2v) is 31.1. The van der Waals surface area contributed by atoms with E-state index in [0.717, 1.165) is 77.0 Å². The van der Waals surface area contributed by atoms with Crippen molar-refractivity contribution in [3.63, 3.8) is 0 Å². The van der Waals surface area contributed by atoms with Gasteiger partial charge < -0.3 is 18.9 Å². The van der Waals surface area contributed by atoms with Crippen LogP contribution in [0.5, 0.6) is 0 Å². The molecule has 0 spiro atoms. The predicted molar refractivity (Wildman–Crippen MR) is 438 cm³/mol. The van der Waals surface area contributed by atoms with Gasteiger partial charge in [-0.05, 0) is 128 Å². The van der Waals surface area contributed by atoms with Gasteiger partial charge >= 0.3 is 23.9 Å². The smallest absolute Gasteiger partial charge is 0.305 e. The number of carbonyl (C=O) groups is 4. The van der Waals surface area contributed by atoms with Crippen molar-refractivity contribution in [3.8, 4) is 0 Å². The maximum absolute atomic E-state index is 13.5. The fourth-order valence-corrected chi connectivity index (χ4v) is 13.7. The van der Waals surface area contributed by atoms with E-state index in [1.165, 1.54) is 360 Å². The largest absolute Gasteiger partial charge is 0.465 e. The van der Waals surface area contributed by atoms with Crippen molar-refractivity contribution in [1.29, 1.82) is 0 Å². The molecular weight excluding hydrogens is 1250 g/mol. The summed E-state index contributed by atoms with van der Waals surface area (Å²) in [5, 5.41) is 0. The zero-order valence-corrected chi connectivity index (χ0v) is 68.1. The molecule has 0 radical (unpaired) electrons. The van der Waals surface area contributed by atoms with Gasteiger partial charge in [-0.2, -0.15) is 0 Å². The average Bonchev–Trinajstić information content (AvgIpc) is 0.889. The third kappa shape index (κ3) is 79.2. The Hall–Kier alpha value is -3.16. The minimum Gasteiger partial charge on any atom is -0.465 e. The first-order valence-electron chi connectivity index (χ1n) is 45.0. The molecule has 8 nitrogen and oxygen atoms in total. The van der Waals surface area contributed by atoms with E-state index < -0.39 is 5.41 Å². The van der Waals surface area contributed by atoms with Crippen LogP contribution in [0, 0.1) is 5.41 Å². The summed E-state index contributed by atoms with van der Waals surface area (Å²) in [6, 6.07) is 0. The number of hydrogen-bond donors (Lipinski definition) is 0. The molecule has 0 aliphatic carbocycles. The van der Waals surface area contributed by atoms with Gasteiger partial charge in [-0.1, -0.05) is 385 Å². The SMILES string of the molecule is CCCCCCCCC=CCCCCCCCCCCCC(=O)OCC(COC(=O)CCCCCCCCCCCC=CCCCCCCCC)(COC(=O)CCCCCCCCCCCC=CCCCCCCCC)COC(=O)CCCCCCCCCCCC=CCCCCCCCC. The summed E-state index contributed by atoms with van der Waals surface area (Å²) in [5.41, 5.74) is -1.22. The summed E-state index contributed by atoms with van der Waals surface area (Å²) in [6.07, 6.45) is 104. The van der Waals surface area contributed by atoms with Gasteiger partial charge in [0.05, 0.1) is 0 Å². The zero-order chi connectivity index (χ0) is 73.0. The maximum atomic E-state index is 13.5. The molecule has 0 aliphatic rings. The van der Waals surface area contributed by atoms with E-state index in [-0.39, 0.29) is 76.0 Å². The Morgan fingerprint density at radius 1 is 0.178 bits per heavy atom. The molecular formula is C93H172O8. The van der Waals surface area contributed by atoms with E-state index in [4.69, 9.17) is 18.9 Å². The fraction of sp³-hybridized carbons (Fsp3) is 0.871. The minimum atomic E-state index is -1.22. The van der Waals surface area contributed by atoms with E-state index in [0.29, 0.717) is 0 Å². The van der Waals surface area contributed by atoms with Crippen LogP contribution in [0.4, 0.5) is 0 Å². The second kappa shape index (κ2) is 84.1. The molecule has 592 valence electrons. The Balaban J connectivity index is 5.45. The number of ether oxygens (including phenoxy) is 4. The van der Waals surface area contributed by atoms with Crippen molar-refractivity contribution in [3.05, 3.63) is 48.6 Å². The molecule has 101 heavy (non-hydrogen) atoms. The lowest BCUT2D eigenvalue weighted by Gasteiger charge is -2.31. The molecule has 0 saturated carbocycles. The summed E-state index contributed by atoms with van der Waals surface area (Å²) in [5.74, 6) is -1.32. The summed E-state index contributed by atoms with van der Waals surface area (Å²) in [7, 11) is 0. The van der Waals surface area contributed by atoms with E-state index in [1.54, 1.807) is 0 Å². The zero-order valence-electron chi connectivity index (χ0n) is 68.1. The van der Waals surface area contributed by atoms with Crippen molar-refractivity contribution < 1.29 is 38.1 Å². The number of unbranched alkanes of at least 4 members (excludes halogenated alkanes) is 60. The van der Waals surface area contributed by atoms with E-state index in [9.17, 15) is 19.2 Å². The Bertz CT molecular complexity index is 1570. The number of rotatable bonds is 84. The Morgan fingerprint density at radius 3 is 0.436 bits per heavy atom. The Kier molecular flexibility index (Phi) is 81.5. The van der Waals surface area contributed by atoms with Gasteiger partial charge in [0.25, 0.3) is 0 Å². The topological polar surface area (TPSA) is 105 Å². The molecule has 0 aromatic heterocycles. The standard InChI is InChI=1S/C93H172O8/c1-5-9-13-17-21-25-29-33-37-41-45-49-53-57-61-65-69-73-77-81-89(94)98-85-93(86-99-90(95)82-78-74-70-66-62-58-54-50-46-42-38-34-30-26-22-18-14-10-6-2,87-100-91(96)83-79-75-71-67-63-59-55-51-47-43-39-35-31-27-23-19-15-11-7-3)88-101-92(97)84-80-76-72-68-64-60-56-52-48-44-40-36-32-28-24-20-16-12-8-4/h33-40H,5-32,41-88H2,1-4H3. The van der Waals surface area contributed by atoms with Gasteiger partial charge in [0.2, 0.25) is 0 Å². The van der Waals surface area contributed by atoms with Crippen molar-refractivity contribution in [2.24, 2.45) is 5.41 Å². The molecule has 0 aromatic carbocycles. The molecule has 0 amide bonds. The molecule has 8 heteroatoms. The molecule has 0 atom stereocenters. The molecule has 0 heterocycles. The third-order valence-corrected chi connectivity index (χ3v) is 20.7. The average molecular weight is 1420 g/mol. The lowest BCUT2D eigenvalue weighted by molar-refractivity contribution is -0.170. The highest BCUT2D eigenvalue weighted by Crippen LogP contribution is 2.25. The van der Waals surface area contributed by atoms with Gasteiger partial charge in [0, 0.05) is 25.7 Å². The van der Waals surface area contributed by atoms with Crippen molar-refractivity contribution in [2.45, 2.75) is 490 Å². The highest BCUT2D eigenvalue weighted by molar-refractivity contribution is 5.71. The second-order valence-electron chi connectivity index (χ2n) is 31.1. The summed E-state index contributed by atoms with van der Waals surface area (Å²) < 4.78 is 24.1. The molecule has 0 N–H and O–H groups in total. The van der Waals surface area contributed by atoms with Crippen molar-refractivity contribution >= 4 is 23.9 Å². The maximum Gasteiger partial charge on any atom is 0.305 e. The lowest BCUT2D eigenvalue weighted by atomic mass is 9.92. The highest BCUT2D eigenvalue weighted by atomic mass is 16.6. The van der Waals surface area contributed by atoms with E-state index in [1.807, 2.05) is 0 Å². The van der Waals surface area contributed by atoms with Gasteiger partial charge in [-0.15, -0.1) is 0 Å². The first-order valence-corrected chi connectivity index (χ1v) is 45.0. The van der Waals surface area contributed by atoms with Crippen LogP contribution in [-0.4, -0.2) is 50.3 Å². The molecule has 0 bridgehead atoms. The molecule has 0 rings (SSSR count). The Morgan fingerprint density at radius 2 is 0.297 bits per heavy atom. The Labute approximate surface area is 629 Å². The number of allylic oxidation sites excluding steroid dienone is 8. The van der Waals surface area contributed by atoms with Crippen LogP contribution >= 0.6 is 0 Å². The molecule has 0 aliphatic heterocycles. The lowest BCUT2D eigenvalue weighted by Crippen LogP contribution is -2.44. The minimum absolute atomic E-state index is 0.170. The number of carbonyl (C=O) groups excluding carboxylic acids is 4. The van der Waals surface area contributed by atoms with Crippen LogP contribution in [-0.2, 0) is 38.1 Å². The molecule has 0 fully saturated rings. The van der Waals surface area contributed by atoms with Gasteiger partial charge in [-0.25, -0.2) is 0 Å². The number of esters is 4. The van der Waals surface area contributed by atoms with Crippen LogP contribution in [0.2, 0.25) is 0 Å². The van der Waals surface area contributed by atoms with Gasteiger partial charge in [-0.3, -0.25) is 19.2 Å². The van der Waals surface area contributed by atoms with Crippen LogP contribution in [0.25, 0.3) is 0 Å². The fourth-order valence-electron chi connectivity index (χ4n) is 13.7. The quantitative estimate of drug-likeness (QED) is 0.0257. The first kappa shape index (κ1) is 97.8. The van der Waals surface area contributed by atoms with E-state index >= 15 is 0 Å². The summed E-state index contributed by atoms with van der Waals surface area (Å²) in [6.45, 7) is 8.43. The van der Waals surface area contributed by atoms with Crippen LogP contribution in [0.1, 0.15) is 490 Å². The van der Waals surface area contributed by atoms with Crippen LogP contribution in [0.3, 0.4) is 0 Å². The monoisotopic (exact) mass is 1420 g/mol. The van der Waals surface area contributed by atoms with Crippen molar-refractivity contribution in [2.75, 3.05) is 26.4 Å². The van der Waals surface area contributed by atoms with Crippen LogP contribution < -0.4 is 0 Å². The van der Waals surface area contributed by atoms with E-state index in [2.05, 4.69) is 76.3 Å². The summed E-state index contributed by atoms with van der Waals surface area (Å²) >= 11 is 0. The normalized spacial score (nSPS) is 12.5. The molecule has 0 unspecified atom stereocenters. The molecule has 0 aromatic rings. The predicted octanol–water partition coefficient (Wildman–Crippen LogP) is 30.5.